The van der Waals surface area contributed by atoms with E-state index < -0.39 is 0 Å². The van der Waals surface area contributed by atoms with Crippen LogP contribution in [0.4, 0.5) is 5.82 Å². The largest absolute Gasteiger partial charge is 0.366 e. The molecule has 0 saturated carbocycles. The number of benzene rings is 1. The van der Waals surface area contributed by atoms with E-state index in [9.17, 15) is 0 Å². The average Bonchev–Trinajstić information content (AvgIpc) is 2.61. The van der Waals surface area contributed by atoms with Crippen LogP contribution in [-0.4, -0.2) is 9.97 Å². The van der Waals surface area contributed by atoms with Crippen molar-refractivity contribution in [3.8, 4) is 11.1 Å². The van der Waals surface area contributed by atoms with Gasteiger partial charge in [-0.05, 0) is 28.8 Å². The number of hydrogen-bond donors (Lipinski definition) is 2. The third kappa shape index (κ3) is 3.13. The van der Waals surface area contributed by atoms with Gasteiger partial charge >= 0.3 is 0 Å². The third-order valence-electron chi connectivity index (χ3n) is 3.53. The Labute approximate surface area is 130 Å². The van der Waals surface area contributed by atoms with Gasteiger partial charge < -0.3 is 11.1 Å². The molecule has 0 unspecified atom stereocenters. The highest BCUT2D eigenvalue weighted by molar-refractivity contribution is 5.71. The molecule has 0 bridgehead atoms. The van der Waals surface area contributed by atoms with Crippen molar-refractivity contribution < 1.29 is 0 Å². The van der Waals surface area contributed by atoms with E-state index in [1.54, 1.807) is 6.20 Å². The van der Waals surface area contributed by atoms with E-state index in [2.05, 4.69) is 27.4 Å². The summed E-state index contributed by atoms with van der Waals surface area (Å²) in [5.74, 6) is 0.827. The summed E-state index contributed by atoms with van der Waals surface area (Å²) in [6, 6.07) is 16.2. The van der Waals surface area contributed by atoms with Gasteiger partial charge in [0.05, 0.1) is 0 Å². The first-order valence-electron chi connectivity index (χ1n) is 7.24. The third-order valence-corrected chi connectivity index (χ3v) is 3.53. The first-order chi connectivity index (χ1) is 10.9. The molecule has 3 rings (SSSR count). The number of nitrogens with one attached hydrogen (secondary N) is 1. The molecule has 2 heterocycles. The first kappa shape index (κ1) is 14.2. The fourth-order valence-corrected chi connectivity index (χ4v) is 2.43. The van der Waals surface area contributed by atoms with E-state index in [-0.39, 0.29) is 0 Å². The number of pyridine rings is 2. The van der Waals surface area contributed by atoms with Crippen molar-refractivity contribution in [2.45, 2.75) is 13.1 Å². The van der Waals surface area contributed by atoms with Gasteiger partial charge in [-0.2, -0.15) is 0 Å². The SMILES string of the molecule is NCc1c(-c2ccccc2)ccnc1NCc1cccnc1. The summed E-state index contributed by atoms with van der Waals surface area (Å²) < 4.78 is 0. The molecular weight excluding hydrogens is 272 g/mol. The summed E-state index contributed by atoms with van der Waals surface area (Å²) in [5, 5.41) is 3.36. The van der Waals surface area contributed by atoms with Gasteiger partial charge in [-0.25, -0.2) is 4.98 Å². The molecule has 22 heavy (non-hydrogen) atoms. The molecule has 0 amide bonds. The molecule has 3 aromatic rings. The van der Waals surface area contributed by atoms with Gasteiger partial charge in [0.25, 0.3) is 0 Å². The minimum atomic E-state index is 0.438. The molecule has 0 saturated heterocycles. The van der Waals surface area contributed by atoms with Crippen LogP contribution < -0.4 is 11.1 Å². The van der Waals surface area contributed by atoms with Gasteiger partial charge in [-0.3, -0.25) is 4.98 Å². The van der Waals surface area contributed by atoms with Crippen LogP contribution in [0.25, 0.3) is 11.1 Å². The van der Waals surface area contributed by atoms with Crippen LogP contribution in [0.2, 0.25) is 0 Å². The smallest absolute Gasteiger partial charge is 0.131 e. The van der Waals surface area contributed by atoms with Gasteiger partial charge in [0.2, 0.25) is 0 Å². The van der Waals surface area contributed by atoms with E-state index in [1.807, 2.05) is 48.8 Å². The molecule has 0 fully saturated rings. The number of nitrogens with two attached hydrogens (primary N) is 1. The number of aromatic nitrogens is 2. The van der Waals surface area contributed by atoms with E-state index in [1.165, 1.54) is 0 Å². The van der Waals surface area contributed by atoms with E-state index in [0.717, 1.165) is 28.1 Å². The van der Waals surface area contributed by atoms with Gasteiger partial charge in [0.15, 0.2) is 0 Å². The van der Waals surface area contributed by atoms with Crippen LogP contribution in [0.15, 0.2) is 67.1 Å². The van der Waals surface area contributed by atoms with Crippen molar-refractivity contribution in [2.75, 3.05) is 5.32 Å². The quantitative estimate of drug-likeness (QED) is 0.757. The summed E-state index contributed by atoms with van der Waals surface area (Å²) in [4.78, 5) is 8.56. The molecule has 2 aromatic heterocycles. The van der Waals surface area contributed by atoms with Gasteiger partial charge in [-0.1, -0.05) is 36.4 Å². The molecular formula is C18H18N4. The number of rotatable bonds is 5. The molecule has 1 aromatic carbocycles. The zero-order chi connectivity index (χ0) is 15.2. The predicted molar refractivity (Wildman–Crippen MR) is 89.1 cm³/mol. The second-order valence-electron chi connectivity index (χ2n) is 4.97. The lowest BCUT2D eigenvalue weighted by Gasteiger charge is -2.14. The van der Waals surface area contributed by atoms with Crippen molar-refractivity contribution >= 4 is 5.82 Å². The molecule has 3 N–H and O–H groups in total. The van der Waals surface area contributed by atoms with Gasteiger partial charge in [0, 0.05) is 37.2 Å². The second kappa shape index (κ2) is 6.83. The summed E-state index contributed by atoms with van der Waals surface area (Å²) in [5.41, 5.74) is 10.4. The number of hydrogen-bond acceptors (Lipinski definition) is 4. The Morgan fingerprint density at radius 1 is 0.955 bits per heavy atom. The maximum atomic E-state index is 5.97. The van der Waals surface area contributed by atoms with Crippen molar-refractivity contribution in [1.82, 2.24) is 9.97 Å². The fraction of sp³-hybridized carbons (Fsp3) is 0.111. The Balaban J connectivity index is 1.89. The molecule has 0 spiro atoms. The highest BCUT2D eigenvalue weighted by Crippen LogP contribution is 2.27. The highest BCUT2D eigenvalue weighted by Gasteiger charge is 2.09. The summed E-state index contributed by atoms with van der Waals surface area (Å²) in [7, 11) is 0. The summed E-state index contributed by atoms with van der Waals surface area (Å²) in [6.07, 6.45) is 5.42. The Hall–Kier alpha value is -2.72. The lowest BCUT2D eigenvalue weighted by atomic mass is 10.0. The molecule has 0 aliphatic rings. The Morgan fingerprint density at radius 3 is 2.55 bits per heavy atom. The average molecular weight is 290 g/mol. The van der Waals surface area contributed by atoms with Crippen LogP contribution in [0.3, 0.4) is 0 Å². The van der Waals surface area contributed by atoms with Crippen molar-refractivity contribution in [2.24, 2.45) is 5.73 Å². The zero-order valence-corrected chi connectivity index (χ0v) is 12.2. The van der Waals surface area contributed by atoms with Crippen LogP contribution >= 0.6 is 0 Å². The zero-order valence-electron chi connectivity index (χ0n) is 12.2. The second-order valence-corrected chi connectivity index (χ2v) is 4.97. The molecule has 110 valence electrons. The van der Waals surface area contributed by atoms with Crippen LogP contribution in [0, 0.1) is 0 Å². The monoisotopic (exact) mass is 290 g/mol. The maximum absolute atomic E-state index is 5.97. The molecule has 4 nitrogen and oxygen atoms in total. The Bertz CT molecular complexity index is 727. The van der Waals surface area contributed by atoms with E-state index in [4.69, 9.17) is 5.73 Å². The fourth-order valence-electron chi connectivity index (χ4n) is 2.43. The number of anilines is 1. The lowest BCUT2D eigenvalue weighted by Crippen LogP contribution is -2.09. The number of nitrogens with zero attached hydrogens (tertiary/aromatic N) is 2. The van der Waals surface area contributed by atoms with Crippen LogP contribution in [-0.2, 0) is 13.1 Å². The highest BCUT2D eigenvalue weighted by atomic mass is 15.0. The molecule has 0 radical (unpaired) electrons. The summed E-state index contributed by atoms with van der Waals surface area (Å²) >= 11 is 0. The van der Waals surface area contributed by atoms with E-state index >= 15 is 0 Å². The Kier molecular flexibility index (Phi) is 4.41. The van der Waals surface area contributed by atoms with Crippen molar-refractivity contribution in [3.63, 3.8) is 0 Å². The van der Waals surface area contributed by atoms with Crippen LogP contribution in [0.1, 0.15) is 11.1 Å². The van der Waals surface area contributed by atoms with Gasteiger partial charge in [-0.15, -0.1) is 0 Å². The normalized spacial score (nSPS) is 10.4. The predicted octanol–water partition coefficient (Wildman–Crippen LogP) is 3.21. The molecule has 4 heteroatoms. The molecule has 0 atom stereocenters. The minimum absolute atomic E-state index is 0.438. The topological polar surface area (TPSA) is 63.8 Å². The van der Waals surface area contributed by atoms with Crippen molar-refractivity contribution in [3.05, 3.63) is 78.2 Å². The van der Waals surface area contributed by atoms with Crippen molar-refractivity contribution in [1.29, 1.82) is 0 Å². The van der Waals surface area contributed by atoms with Crippen LogP contribution in [0.5, 0.6) is 0 Å². The summed E-state index contributed by atoms with van der Waals surface area (Å²) in [6.45, 7) is 1.11. The van der Waals surface area contributed by atoms with E-state index in [0.29, 0.717) is 13.1 Å². The Morgan fingerprint density at radius 2 is 1.82 bits per heavy atom. The lowest BCUT2D eigenvalue weighted by molar-refractivity contribution is 1.02. The first-order valence-corrected chi connectivity index (χ1v) is 7.24. The molecule has 0 aliphatic carbocycles. The standard InChI is InChI=1S/C18H18N4/c19-11-17-16(15-6-2-1-3-7-15)8-10-21-18(17)22-13-14-5-4-9-20-12-14/h1-10,12H,11,13,19H2,(H,21,22). The van der Waals surface area contributed by atoms with Gasteiger partial charge in [0.1, 0.15) is 5.82 Å². The minimum Gasteiger partial charge on any atom is -0.366 e. The molecule has 0 aliphatic heterocycles. The maximum Gasteiger partial charge on any atom is 0.131 e.